The van der Waals surface area contributed by atoms with Gasteiger partial charge in [0.1, 0.15) is 0 Å². The van der Waals surface area contributed by atoms with Crippen LogP contribution < -0.4 is 15.9 Å². The Hall–Kier alpha value is -1.91. The lowest BCUT2D eigenvalue weighted by molar-refractivity contribution is 0.332. The molecule has 0 saturated heterocycles. The molecule has 0 nitrogen and oxygen atoms in total. The highest BCUT2D eigenvalue weighted by Crippen LogP contribution is 2.50. The van der Waals surface area contributed by atoms with Crippen LogP contribution in [0, 0.1) is 0 Å². The van der Waals surface area contributed by atoms with Gasteiger partial charge in [0.2, 0.25) is 0 Å². The molecule has 0 fully saturated rings. The molecular formula is C42H57P. The van der Waals surface area contributed by atoms with E-state index in [4.69, 9.17) is 0 Å². The summed E-state index contributed by atoms with van der Waals surface area (Å²) >= 11 is 0. The molecule has 3 aromatic rings. The van der Waals surface area contributed by atoms with Crippen molar-refractivity contribution in [3.05, 3.63) is 88.0 Å². The molecule has 0 N–H and O–H groups in total. The Labute approximate surface area is 265 Å². The highest BCUT2D eigenvalue weighted by molar-refractivity contribution is 7.79. The van der Waals surface area contributed by atoms with E-state index in [0.717, 1.165) is 0 Å². The normalized spacial score (nSPS) is 23.7. The van der Waals surface area contributed by atoms with Gasteiger partial charge in [0.25, 0.3) is 0 Å². The van der Waals surface area contributed by atoms with Crippen LogP contribution in [0.2, 0.25) is 0 Å². The van der Waals surface area contributed by atoms with Gasteiger partial charge in [0.05, 0.1) is 0 Å². The SMILES string of the molecule is CC1(C)CCC(C)(C)c2cc(P(c3ccc4c(c3)C(C)(C)CCC4(C)C)c3ccc4c(c3)C(C)(C)CCC4(C)C)ccc21. The fourth-order valence-electron chi connectivity index (χ4n) is 8.59. The monoisotopic (exact) mass is 592 g/mol. The number of benzene rings is 3. The Morgan fingerprint density at radius 1 is 0.326 bits per heavy atom. The molecule has 0 atom stereocenters. The lowest BCUT2D eigenvalue weighted by atomic mass is 9.63. The van der Waals surface area contributed by atoms with E-state index in [1.54, 1.807) is 33.4 Å². The van der Waals surface area contributed by atoms with Crippen LogP contribution in [0.15, 0.2) is 54.6 Å². The summed E-state index contributed by atoms with van der Waals surface area (Å²) in [6.07, 6.45) is 7.52. The number of hydrogen-bond acceptors (Lipinski definition) is 0. The van der Waals surface area contributed by atoms with E-state index in [1.807, 2.05) is 0 Å². The lowest BCUT2D eigenvalue weighted by Crippen LogP contribution is -2.37. The standard InChI is InChI=1S/C42H57P/c1-37(2)19-22-40(7,8)34-25-28(13-16-31(34)37)43(29-14-17-32-35(26-29)41(9,10)23-20-38(32,3)4)30-15-18-33-36(27-30)42(11,12)24-21-39(33,5)6/h13-18,25-27H,19-24H2,1-12H3. The molecule has 3 aliphatic rings. The molecule has 43 heavy (non-hydrogen) atoms. The average molecular weight is 593 g/mol. The van der Waals surface area contributed by atoms with Gasteiger partial charge in [-0.15, -0.1) is 0 Å². The van der Waals surface area contributed by atoms with Gasteiger partial charge < -0.3 is 0 Å². The predicted molar refractivity (Wildman–Crippen MR) is 191 cm³/mol. The van der Waals surface area contributed by atoms with E-state index in [0.29, 0.717) is 0 Å². The molecule has 0 amide bonds. The molecule has 0 aliphatic heterocycles. The molecule has 0 spiro atoms. The summed E-state index contributed by atoms with van der Waals surface area (Å²) in [6.45, 7) is 29.5. The minimum absolute atomic E-state index is 0.200. The van der Waals surface area contributed by atoms with Crippen LogP contribution in [0.25, 0.3) is 0 Å². The second kappa shape index (κ2) is 9.79. The molecule has 3 aliphatic carbocycles. The zero-order chi connectivity index (χ0) is 31.4. The summed E-state index contributed by atoms with van der Waals surface area (Å²) in [5.41, 5.74) is 10.7. The van der Waals surface area contributed by atoms with Crippen LogP contribution in [0.4, 0.5) is 0 Å². The molecule has 0 unspecified atom stereocenters. The second-order valence-corrected chi connectivity index (χ2v) is 20.5. The highest BCUT2D eigenvalue weighted by atomic mass is 31.1. The molecule has 0 bridgehead atoms. The van der Waals surface area contributed by atoms with Gasteiger partial charge >= 0.3 is 0 Å². The van der Waals surface area contributed by atoms with Crippen LogP contribution in [0.5, 0.6) is 0 Å². The van der Waals surface area contributed by atoms with E-state index in [2.05, 4.69) is 138 Å². The van der Waals surface area contributed by atoms with Gasteiger partial charge in [-0.25, -0.2) is 0 Å². The van der Waals surface area contributed by atoms with Crippen LogP contribution in [-0.4, -0.2) is 0 Å². The van der Waals surface area contributed by atoms with Crippen molar-refractivity contribution in [1.82, 2.24) is 0 Å². The first kappa shape index (κ1) is 31.1. The zero-order valence-electron chi connectivity index (χ0n) is 29.4. The molecule has 230 valence electrons. The summed E-state index contributed by atoms with van der Waals surface area (Å²) < 4.78 is 0. The van der Waals surface area contributed by atoms with E-state index in [-0.39, 0.29) is 32.5 Å². The Bertz CT molecular complexity index is 1390. The zero-order valence-corrected chi connectivity index (χ0v) is 30.3. The molecular weight excluding hydrogens is 535 g/mol. The van der Waals surface area contributed by atoms with Crippen molar-refractivity contribution >= 4 is 23.8 Å². The average Bonchev–Trinajstić information content (AvgIpc) is 2.92. The molecule has 3 aromatic carbocycles. The summed E-state index contributed by atoms with van der Waals surface area (Å²) in [5, 5.41) is 4.54. The van der Waals surface area contributed by atoms with Crippen LogP contribution in [-0.2, 0) is 32.5 Å². The smallest absolute Gasteiger partial charge is 0.0100 e. The van der Waals surface area contributed by atoms with Crippen LogP contribution in [0.1, 0.15) is 155 Å². The van der Waals surface area contributed by atoms with Crippen molar-refractivity contribution in [1.29, 1.82) is 0 Å². The van der Waals surface area contributed by atoms with E-state index in [1.165, 1.54) is 54.4 Å². The molecule has 0 heterocycles. The third-order valence-corrected chi connectivity index (χ3v) is 14.7. The fraction of sp³-hybridized carbons (Fsp3) is 0.571. The van der Waals surface area contributed by atoms with Gasteiger partial charge in [-0.1, -0.05) is 119 Å². The Morgan fingerprint density at radius 2 is 0.535 bits per heavy atom. The third-order valence-electron chi connectivity index (χ3n) is 12.3. The van der Waals surface area contributed by atoms with E-state index in [9.17, 15) is 0 Å². The molecule has 0 aromatic heterocycles. The van der Waals surface area contributed by atoms with E-state index < -0.39 is 7.92 Å². The van der Waals surface area contributed by atoms with Gasteiger partial charge in [-0.3, -0.25) is 0 Å². The summed E-state index contributed by atoms with van der Waals surface area (Å²) in [4.78, 5) is 0. The van der Waals surface area contributed by atoms with Crippen LogP contribution in [0.3, 0.4) is 0 Å². The molecule has 0 radical (unpaired) electrons. The lowest BCUT2D eigenvalue weighted by Gasteiger charge is -2.43. The van der Waals surface area contributed by atoms with Gasteiger partial charge in [0, 0.05) is 0 Å². The molecule has 0 saturated carbocycles. The topological polar surface area (TPSA) is 0 Å². The molecule has 6 rings (SSSR count). The number of rotatable bonds is 3. The maximum absolute atomic E-state index is 2.64. The highest BCUT2D eigenvalue weighted by Gasteiger charge is 2.41. The summed E-state index contributed by atoms with van der Waals surface area (Å²) in [6, 6.07) is 23.0. The van der Waals surface area contributed by atoms with Crippen molar-refractivity contribution in [2.75, 3.05) is 0 Å². The molecule has 1 heteroatoms. The Kier molecular flexibility index (Phi) is 7.08. The number of fused-ring (bicyclic) bond motifs is 3. The first-order valence-corrected chi connectivity index (χ1v) is 18.3. The van der Waals surface area contributed by atoms with Crippen molar-refractivity contribution in [3.8, 4) is 0 Å². The minimum Gasteiger partial charge on any atom is -0.0575 e. The second-order valence-electron chi connectivity index (χ2n) is 18.3. The Balaban J connectivity index is 1.60. The van der Waals surface area contributed by atoms with Crippen molar-refractivity contribution in [3.63, 3.8) is 0 Å². The first-order valence-electron chi connectivity index (χ1n) is 17.0. The first-order chi connectivity index (χ1) is 19.8. The number of hydrogen-bond donors (Lipinski definition) is 0. The quantitative estimate of drug-likeness (QED) is 0.265. The van der Waals surface area contributed by atoms with Crippen LogP contribution >= 0.6 is 7.92 Å². The largest absolute Gasteiger partial charge is 0.0575 e. The Morgan fingerprint density at radius 3 is 0.767 bits per heavy atom. The third kappa shape index (κ3) is 5.17. The summed E-state index contributed by atoms with van der Waals surface area (Å²) in [5.74, 6) is 0. The van der Waals surface area contributed by atoms with Gasteiger partial charge in [0.15, 0.2) is 0 Å². The van der Waals surface area contributed by atoms with Gasteiger partial charge in [-0.05, 0) is 146 Å². The van der Waals surface area contributed by atoms with Crippen molar-refractivity contribution < 1.29 is 0 Å². The minimum atomic E-state index is -0.709. The predicted octanol–water partition coefficient (Wildman–Crippen LogP) is 10.5. The van der Waals surface area contributed by atoms with E-state index >= 15 is 0 Å². The van der Waals surface area contributed by atoms with Crippen molar-refractivity contribution in [2.45, 2.75) is 154 Å². The fourth-order valence-corrected chi connectivity index (χ4v) is 10.9. The van der Waals surface area contributed by atoms with Crippen molar-refractivity contribution in [2.24, 2.45) is 0 Å². The maximum Gasteiger partial charge on any atom is -0.0100 e. The maximum atomic E-state index is 2.64. The summed E-state index contributed by atoms with van der Waals surface area (Å²) in [7, 11) is -0.709. The van der Waals surface area contributed by atoms with Gasteiger partial charge in [-0.2, -0.15) is 0 Å².